The molecule has 10 heteroatoms. The first-order valence-electron chi connectivity index (χ1n) is 8.03. The van der Waals surface area contributed by atoms with Crippen LogP contribution in [0.4, 0.5) is 0 Å². The van der Waals surface area contributed by atoms with Gasteiger partial charge in [-0.1, -0.05) is 4.47 Å². The lowest BCUT2D eigenvalue weighted by Gasteiger charge is -2.14. The number of nitrogens with zero attached hydrogens (tertiary/aromatic N) is 1. The minimum atomic E-state index is -3.79. The molecule has 1 atom stereocenters. The lowest BCUT2D eigenvalue weighted by atomic mass is 10.2. The highest BCUT2D eigenvalue weighted by Gasteiger charge is 2.21. The Hall–Kier alpha value is -2.01. The van der Waals surface area contributed by atoms with Crippen LogP contribution in [-0.2, 0) is 29.1 Å². The van der Waals surface area contributed by atoms with Gasteiger partial charge in [0.25, 0.3) is 15.9 Å². The Morgan fingerprint density at radius 3 is 2.58 bits per heavy atom. The maximum atomic E-state index is 12.1. The molecule has 0 bridgehead atoms. The van der Waals surface area contributed by atoms with Crippen LogP contribution in [0.25, 0.3) is 0 Å². The third-order valence-electron chi connectivity index (χ3n) is 3.87. The molecule has 1 fully saturated rings. The van der Waals surface area contributed by atoms with Gasteiger partial charge in [-0.25, -0.2) is 13.2 Å². The molecule has 1 heterocycles. The van der Waals surface area contributed by atoms with Gasteiger partial charge < -0.3 is 14.8 Å². The van der Waals surface area contributed by atoms with Gasteiger partial charge in [0.15, 0.2) is 6.61 Å². The van der Waals surface area contributed by atoms with E-state index in [9.17, 15) is 18.0 Å². The van der Waals surface area contributed by atoms with Crippen molar-refractivity contribution in [3.05, 3.63) is 29.8 Å². The highest BCUT2D eigenvalue weighted by atomic mass is 32.2. The van der Waals surface area contributed by atoms with Gasteiger partial charge in [0.2, 0.25) is 0 Å². The molecule has 0 spiro atoms. The van der Waals surface area contributed by atoms with Gasteiger partial charge in [-0.3, -0.25) is 9.63 Å². The molecule has 0 aliphatic carbocycles. The van der Waals surface area contributed by atoms with Gasteiger partial charge in [-0.05, 0) is 37.1 Å². The van der Waals surface area contributed by atoms with Crippen LogP contribution in [0.3, 0.4) is 0 Å². The van der Waals surface area contributed by atoms with Crippen molar-refractivity contribution in [2.75, 3.05) is 33.9 Å². The van der Waals surface area contributed by atoms with Crippen LogP contribution < -0.4 is 5.32 Å². The number of esters is 1. The number of benzene rings is 1. The van der Waals surface area contributed by atoms with Gasteiger partial charge in [-0.2, -0.15) is 0 Å². The number of nitrogens with one attached hydrogen (secondary N) is 1. The van der Waals surface area contributed by atoms with Crippen molar-refractivity contribution in [3.63, 3.8) is 0 Å². The summed E-state index contributed by atoms with van der Waals surface area (Å²) in [6.07, 6.45) is 1.88. The zero-order valence-corrected chi connectivity index (χ0v) is 15.5. The number of carbonyl (C=O) groups excluding carboxylic acids is 2. The average molecular weight is 386 g/mol. The van der Waals surface area contributed by atoms with E-state index in [2.05, 4.69) is 10.2 Å². The van der Waals surface area contributed by atoms with Crippen LogP contribution in [0.2, 0.25) is 0 Å². The minimum absolute atomic E-state index is 0.00868. The largest absolute Gasteiger partial charge is 0.452 e. The molecule has 9 nitrogen and oxygen atoms in total. The molecule has 26 heavy (non-hydrogen) atoms. The normalized spacial score (nSPS) is 17.3. The van der Waals surface area contributed by atoms with Crippen molar-refractivity contribution < 1.29 is 32.3 Å². The second-order valence-corrected chi connectivity index (χ2v) is 7.57. The van der Waals surface area contributed by atoms with E-state index in [1.807, 2.05) is 0 Å². The van der Waals surface area contributed by atoms with Gasteiger partial charge >= 0.3 is 5.97 Å². The zero-order valence-electron chi connectivity index (χ0n) is 14.6. The molecule has 1 amide bonds. The predicted molar refractivity (Wildman–Crippen MR) is 90.7 cm³/mol. The quantitative estimate of drug-likeness (QED) is 0.506. The Labute approximate surface area is 152 Å². The number of sulfonamides is 1. The SMILES string of the molecule is CON(C)S(=O)(=O)c1ccc(C(=O)OCC(=O)NC[C@@H]2CCCO2)cc1. The number of ether oxygens (including phenoxy) is 2. The Bertz CT molecular complexity index is 727. The summed E-state index contributed by atoms with van der Waals surface area (Å²) in [7, 11) is -1.30. The topological polar surface area (TPSA) is 111 Å². The van der Waals surface area contributed by atoms with Crippen molar-refractivity contribution in [3.8, 4) is 0 Å². The molecule has 0 unspecified atom stereocenters. The summed E-state index contributed by atoms with van der Waals surface area (Å²) in [6, 6.07) is 5.14. The number of hydroxylamine groups is 1. The Kier molecular flexibility index (Phi) is 7.09. The molecular formula is C16H22N2O7S. The molecule has 0 aromatic heterocycles. The Morgan fingerprint density at radius 2 is 2.00 bits per heavy atom. The van der Waals surface area contributed by atoms with E-state index in [-0.39, 0.29) is 16.6 Å². The van der Waals surface area contributed by atoms with Crippen molar-refractivity contribution in [2.45, 2.75) is 23.8 Å². The zero-order chi connectivity index (χ0) is 19.2. The lowest BCUT2D eigenvalue weighted by molar-refractivity contribution is -0.124. The van der Waals surface area contributed by atoms with Gasteiger partial charge in [0.05, 0.1) is 23.7 Å². The summed E-state index contributed by atoms with van der Waals surface area (Å²) in [6.45, 7) is 0.662. The van der Waals surface area contributed by atoms with Crippen molar-refractivity contribution >= 4 is 21.9 Å². The highest BCUT2D eigenvalue weighted by Crippen LogP contribution is 2.15. The van der Waals surface area contributed by atoms with Crippen molar-refractivity contribution in [1.82, 2.24) is 9.79 Å². The fourth-order valence-corrected chi connectivity index (χ4v) is 3.28. The van der Waals surface area contributed by atoms with Crippen LogP contribution in [0.1, 0.15) is 23.2 Å². The van der Waals surface area contributed by atoms with Crippen molar-refractivity contribution in [2.24, 2.45) is 0 Å². The maximum Gasteiger partial charge on any atom is 0.338 e. The van der Waals surface area contributed by atoms with Gasteiger partial charge in [0.1, 0.15) is 0 Å². The summed E-state index contributed by atoms with van der Waals surface area (Å²) in [5.41, 5.74) is 0.135. The van der Waals surface area contributed by atoms with E-state index in [0.29, 0.717) is 17.6 Å². The van der Waals surface area contributed by atoms with Gasteiger partial charge in [0, 0.05) is 20.2 Å². The summed E-state index contributed by atoms with van der Waals surface area (Å²) >= 11 is 0. The molecule has 1 aliphatic rings. The molecule has 1 aliphatic heterocycles. The molecule has 1 aromatic carbocycles. The molecular weight excluding hydrogens is 364 g/mol. The third kappa shape index (κ3) is 5.24. The van der Waals surface area contributed by atoms with E-state index in [1.165, 1.54) is 38.4 Å². The molecule has 144 valence electrons. The summed E-state index contributed by atoms with van der Waals surface area (Å²) in [4.78, 5) is 28.3. The van der Waals surface area contributed by atoms with E-state index < -0.39 is 28.5 Å². The van der Waals surface area contributed by atoms with Crippen LogP contribution in [0.5, 0.6) is 0 Å². The summed E-state index contributed by atoms with van der Waals surface area (Å²) < 4.78 is 35.1. The monoisotopic (exact) mass is 386 g/mol. The van der Waals surface area contributed by atoms with Crippen LogP contribution in [0.15, 0.2) is 29.2 Å². The predicted octanol–water partition coefficient (Wildman–Crippen LogP) is 0.321. The number of amides is 1. The second kappa shape index (κ2) is 9.08. The minimum Gasteiger partial charge on any atom is -0.452 e. The molecule has 2 rings (SSSR count). The number of rotatable bonds is 8. The van der Waals surface area contributed by atoms with Gasteiger partial charge in [-0.15, -0.1) is 0 Å². The first-order chi connectivity index (χ1) is 12.3. The average Bonchev–Trinajstić information content (AvgIpc) is 3.17. The standard InChI is InChI=1S/C16H22N2O7S/c1-18(23-2)26(21,22)14-7-5-12(6-8-14)16(20)25-11-15(19)17-10-13-4-3-9-24-13/h5-8,13H,3-4,9-11H2,1-2H3,(H,17,19)/t13-/m0/s1. The number of hydrogen-bond acceptors (Lipinski definition) is 7. The summed E-state index contributed by atoms with van der Waals surface area (Å²) in [5.74, 6) is -1.14. The third-order valence-corrected chi connectivity index (χ3v) is 5.56. The van der Waals surface area contributed by atoms with E-state index in [0.717, 1.165) is 12.8 Å². The second-order valence-electron chi connectivity index (χ2n) is 5.64. The van der Waals surface area contributed by atoms with E-state index in [4.69, 9.17) is 9.47 Å². The molecule has 1 aromatic rings. The fourth-order valence-electron chi connectivity index (χ4n) is 2.31. The fraction of sp³-hybridized carbons (Fsp3) is 0.500. The van der Waals surface area contributed by atoms with Crippen molar-refractivity contribution in [1.29, 1.82) is 0 Å². The first-order valence-corrected chi connectivity index (χ1v) is 9.47. The van der Waals surface area contributed by atoms with E-state index >= 15 is 0 Å². The highest BCUT2D eigenvalue weighted by molar-refractivity contribution is 7.89. The molecule has 1 N–H and O–H groups in total. The van der Waals surface area contributed by atoms with Crippen LogP contribution in [-0.4, -0.2) is 64.8 Å². The maximum absolute atomic E-state index is 12.1. The molecule has 0 saturated carbocycles. The van der Waals surface area contributed by atoms with E-state index in [1.54, 1.807) is 0 Å². The summed E-state index contributed by atoms with van der Waals surface area (Å²) in [5, 5.41) is 2.64. The van der Waals surface area contributed by atoms with Crippen LogP contribution >= 0.6 is 0 Å². The Balaban J connectivity index is 1.84. The molecule has 0 radical (unpaired) electrons. The first kappa shape index (κ1) is 20.3. The smallest absolute Gasteiger partial charge is 0.338 e. The number of hydrogen-bond donors (Lipinski definition) is 1. The molecule has 1 saturated heterocycles. The Morgan fingerprint density at radius 1 is 1.31 bits per heavy atom. The number of carbonyl (C=O) groups is 2. The van der Waals surface area contributed by atoms with Crippen LogP contribution in [0, 0.1) is 0 Å². The lowest BCUT2D eigenvalue weighted by Crippen LogP contribution is -2.34.